The molecule has 2 fully saturated rings. The van der Waals surface area contributed by atoms with Crippen molar-refractivity contribution in [3.05, 3.63) is 11.4 Å². The van der Waals surface area contributed by atoms with Crippen LogP contribution in [0.25, 0.3) is 4.85 Å². The molecule has 0 radical (unpaired) electrons. The fourth-order valence-electron chi connectivity index (χ4n) is 3.06. The molecule has 72 valence electrons. The van der Waals surface area contributed by atoms with Gasteiger partial charge >= 0.3 is 0 Å². The quantitative estimate of drug-likeness (QED) is 0.516. The lowest BCUT2D eigenvalue weighted by Gasteiger charge is -2.36. The minimum Gasteiger partial charge on any atom is -0.309 e. The predicted molar refractivity (Wildman–Crippen MR) is 53.4 cm³/mol. The number of fused-ring (bicyclic) bond motifs is 1. The van der Waals surface area contributed by atoms with Crippen molar-refractivity contribution < 1.29 is 0 Å². The molecule has 1 heterocycles. The van der Waals surface area contributed by atoms with E-state index >= 15 is 0 Å². The van der Waals surface area contributed by atoms with E-state index in [1.807, 2.05) is 0 Å². The first kappa shape index (κ1) is 9.02. The summed E-state index contributed by atoms with van der Waals surface area (Å²) in [4.78, 5) is 6.35. The van der Waals surface area contributed by atoms with E-state index in [0.29, 0.717) is 12.1 Å². The molecule has 1 saturated heterocycles. The highest BCUT2D eigenvalue weighted by Crippen LogP contribution is 2.56. The molecule has 1 saturated carbocycles. The normalized spacial score (nSPS) is 44.2. The molecule has 0 aromatic heterocycles. The van der Waals surface area contributed by atoms with Gasteiger partial charge in [-0.25, -0.2) is 6.57 Å². The van der Waals surface area contributed by atoms with Crippen LogP contribution in [0.2, 0.25) is 0 Å². The Morgan fingerprint density at radius 3 is 2.31 bits per heavy atom. The Bertz CT molecular complexity index is 271. The van der Waals surface area contributed by atoms with Gasteiger partial charge in [-0.1, -0.05) is 0 Å². The fourth-order valence-corrected chi connectivity index (χ4v) is 3.06. The van der Waals surface area contributed by atoms with Gasteiger partial charge < -0.3 is 4.85 Å². The zero-order chi connectivity index (χ0) is 9.85. The summed E-state index contributed by atoms with van der Waals surface area (Å²) in [7, 11) is 0. The van der Waals surface area contributed by atoms with E-state index in [1.54, 1.807) is 0 Å². The van der Waals surface area contributed by atoms with Crippen LogP contribution in [0.1, 0.15) is 40.5 Å². The van der Waals surface area contributed by atoms with Gasteiger partial charge in [0.05, 0.1) is 12.5 Å². The first-order valence-electron chi connectivity index (χ1n) is 5.08. The Kier molecular flexibility index (Phi) is 1.58. The summed E-state index contributed by atoms with van der Waals surface area (Å²) in [6.07, 6.45) is 2.19. The molecule has 1 aliphatic carbocycles. The van der Waals surface area contributed by atoms with Crippen LogP contribution in [0.4, 0.5) is 0 Å². The number of piperidine rings is 1. The van der Waals surface area contributed by atoms with E-state index in [2.05, 4.69) is 37.4 Å². The molecule has 13 heavy (non-hydrogen) atoms. The largest absolute Gasteiger partial charge is 0.309 e. The highest BCUT2D eigenvalue weighted by molar-refractivity contribution is 5.30. The van der Waals surface area contributed by atoms with E-state index in [1.165, 1.54) is 0 Å². The zero-order valence-electron chi connectivity index (χ0n) is 8.96. The Morgan fingerprint density at radius 1 is 1.38 bits per heavy atom. The molecule has 0 amide bonds. The Morgan fingerprint density at radius 2 is 2.00 bits per heavy atom. The van der Waals surface area contributed by atoms with Crippen molar-refractivity contribution >= 4 is 0 Å². The van der Waals surface area contributed by atoms with Crippen molar-refractivity contribution in [1.82, 2.24) is 4.90 Å². The maximum absolute atomic E-state index is 7.22. The average Bonchev–Trinajstić information content (AvgIpc) is 2.55. The number of nitrogens with zero attached hydrogens (tertiary/aromatic N) is 2. The summed E-state index contributed by atoms with van der Waals surface area (Å²) in [6.45, 7) is 16.2. The number of rotatable bonds is 0. The first-order chi connectivity index (χ1) is 5.91. The summed E-state index contributed by atoms with van der Waals surface area (Å²) in [5.74, 6) is 0. The van der Waals surface area contributed by atoms with Crippen molar-refractivity contribution in [1.29, 1.82) is 0 Å². The lowest BCUT2D eigenvalue weighted by Crippen LogP contribution is -2.45. The molecule has 1 aliphatic heterocycles. The minimum absolute atomic E-state index is 0.0205. The van der Waals surface area contributed by atoms with Crippen LogP contribution in [-0.2, 0) is 0 Å². The van der Waals surface area contributed by atoms with Crippen LogP contribution < -0.4 is 0 Å². The van der Waals surface area contributed by atoms with Gasteiger partial charge in [0.25, 0.3) is 5.54 Å². The molecule has 0 aromatic rings. The molecule has 0 bridgehead atoms. The molecule has 0 aromatic carbocycles. The van der Waals surface area contributed by atoms with E-state index in [0.717, 1.165) is 12.8 Å². The van der Waals surface area contributed by atoms with Gasteiger partial charge in [0, 0.05) is 18.0 Å². The molecule has 2 aliphatic rings. The number of hydrogen-bond donors (Lipinski definition) is 0. The molecular weight excluding hydrogens is 160 g/mol. The van der Waals surface area contributed by atoms with Crippen LogP contribution in [0.5, 0.6) is 0 Å². The van der Waals surface area contributed by atoms with Crippen LogP contribution >= 0.6 is 0 Å². The van der Waals surface area contributed by atoms with Crippen molar-refractivity contribution in [3.63, 3.8) is 0 Å². The second-order valence-electron chi connectivity index (χ2n) is 5.57. The topological polar surface area (TPSA) is 7.60 Å². The maximum Gasteiger partial charge on any atom is 0.251 e. The van der Waals surface area contributed by atoms with Gasteiger partial charge in [-0.15, -0.1) is 0 Å². The third-order valence-corrected chi connectivity index (χ3v) is 3.46. The van der Waals surface area contributed by atoms with Gasteiger partial charge in [-0.2, -0.15) is 0 Å². The highest BCUT2D eigenvalue weighted by atomic mass is 15.3. The number of likely N-dealkylation sites (tertiary alicyclic amines) is 1. The molecule has 2 rings (SSSR count). The van der Waals surface area contributed by atoms with Gasteiger partial charge in [-0.3, -0.25) is 4.90 Å². The predicted octanol–water partition coefficient (Wildman–Crippen LogP) is 2.31. The lowest BCUT2D eigenvalue weighted by atomic mass is 10.0. The van der Waals surface area contributed by atoms with E-state index in [-0.39, 0.29) is 11.1 Å². The van der Waals surface area contributed by atoms with Crippen LogP contribution in [0.15, 0.2) is 0 Å². The molecule has 3 atom stereocenters. The minimum atomic E-state index is 0.0205. The first-order valence-corrected chi connectivity index (χ1v) is 5.08. The van der Waals surface area contributed by atoms with Gasteiger partial charge in [0.2, 0.25) is 0 Å². The standard InChI is InChI=1S/C11H18N2/c1-8-6-11(12-5)7-9(11)13(8)10(2,3)4/h8-9H,6-7H2,1-4H3/t8-,9-,11-/m1/s1. The third-order valence-electron chi connectivity index (χ3n) is 3.46. The van der Waals surface area contributed by atoms with Crippen molar-refractivity contribution in [2.24, 2.45) is 0 Å². The average molecular weight is 178 g/mol. The lowest BCUT2D eigenvalue weighted by molar-refractivity contribution is 0.105. The summed E-state index contributed by atoms with van der Waals surface area (Å²) >= 11 is 0. The zero-order valence-corrected chi connectivity index (χ0v) is 8.96. The van der Waals surface area contributed by atoms with Crippen molar-refractivity contribution in [2.45, 2.75) is 63.7 Å². The number of hydrogen-bond acceptors (Lipinski definition) is 1. The fraction of sp³-hybridized carbons (Fsp3) is 0.909. The summed E-state index contributed by atoms with van der Waals surface area (Å²) in [5.41, 5.74) is 0.250. The van der Waals surface area contributed by atoms with Gasteiger partial charge in [0.15, 0.2) is 0 Å². The highest BCUT2D eigenvalue weighted by Gasteiger charge is 2.72. The summed E-state index contributed by atoms with van der Waals surface area (Å²) in [6, 6.07) is 1.15. The summed E-state index contributed by atoms with van der Waals surface area (Å²) in [5, 5.41) is 0. The molecule has 2 heteroatoms. The third kappa shape index (κ3) is 1.10. The van der Waals surface area contributed by atoms with E-state index in [4.69, 9.17) is 6.57 Å². The Balaban J connectivity index is 2.22. The monoisotopic (exact) mass is 178 g/mol. The summed E-state index contributed by atoms with van der Waals surface area (Å²) < 4.78 is 0. The molecule has 0 spiro atoms. The molecule has 2 nitrogen and oxygen atoms in total. The van der Waals surface area contributed by atoms with Crippen LogP contribution in [-0.4, -0.2) is 28.1 Å². The van der Waals surface area contributed by atoms with E-state index < -0.39 is 0 Å². The Hall–Kier alpha value is -0.550. The van der Waals surface area contributed by atoms with Gasteiger partial charge in [0.1, 0.15) is 0 Å². The second kappa shape index (κ2) is 2.27. The maximum atomic E-state index is 7.22. The van der Waals surface area contributed by atoms with Crippen LogP contribution in [0, 0.1) is 6.57 Å². The van der Waals surface area contributed by atoms with Crippen molar-refractivity contribution in [2.75, 3.05) is 0 Å². The molecule has 0 unspecified atom stereocenters. The molecule has 0 N–H and O–H groups in total. The second-order valence-corrected chi connectivity index (χ2v) is 5.57. The van der Waals surface area contributed by atoms with Crippen molar-refractivity contribution in [3.8, 4) is 0 Å². The van der Waals surface area contributed by atoms with Crippen LogP contribution in [0.3, 0.4) is 0 Å². The smallest absolute Gasteiger partial charge is 0.251 e. The SMILES string of the molecule is [C-]#[N+][C@@]12C[C@@H](C)N(C(C)(C)C)[C@@H]1C2. The Labute approximate surface area is 80.7 Å². The van der Waals surface area contributed by atoms with Gasteiger partial charge in [-0.05, 0) is 27.7 Å². The molecular formula is C11H18N2. The van der Waals surface area contributed by atoms with E-state index in [9.17, 15) is 0 Å².